The minimum absolute atomic E-state index is 0.0895. The van der Waals surface area contributed by atoms with E-state index in [9.17, 15) is 9.18 Å². The van der Waals surface area contributed by atoms with Crippen LogP contribution < -0.4 is 10.1 Å². The summed E-state index contributed by atoms with van der Waals surface area (Å²) in [7, 11) is 0. The van der Waals surface area contributed by atoms with Crippen molar-refractivity contribution in [3.8, 4) is 5.75 Å². The summed E-state index contributed by atoms with van der Waals surface area (Å²) < 4.78 is 19.4. The number of amides is 1. The van der Waals surface area contributed by atoms with Crippen LogP contribution in [0.25, 0.3) is 0 Å². The lowest BCUT2D eigenvalue weighted by atomic mass is 10.1. The Morgan fingerprint density at radius 3 is 3.11 bits per heavy atom. The second kappa shape index (κ2) is 7.60. The zero-order valence-corrected chi connectivity index (χ0v) is 15.3. The number of carbonyl (C=O) groups is 1. The van der Waals surface area contributed by atoms with Gasteiger partial charge in [0.1, 0.15) is 0 Å². The second-order valence-corrected chi connectivity index (χ2v) is 7.01. The van der Waals surface area contributed by atoms with Crippen molar-refractivity contribution in [2.24, 2.45) is 0 Å². The third-order valence-corrected chi connectivity index (χ3v) is 5.15. The summed E-state index contributed by atoms with van der Waals surface area (Å²) in [5.74, 6) is 0.150. The van der Waals surface area contributed by atoms with Crippen LogP contribution in [-0.4, -0.2) is 40.0 Å². The molecule has 1 saturated heterocycles. The van der Waals surface area contributed by atoms with E-state index in [0.717, 1.165) is 43.6 Å². The van der Waals surface area contributed by atoms with Gasteiger partial charge in [-0.2, -0.15) is 0 Å². The third kappa shape index (κ3) is 3.64. The van der Waals surface area contributed by atoms with Crippen molar-refractivity contribution < 1.29 is 13.9 Å². The van der Waals surface area contributed by atoms with Crippen LogP contribution in [0.4, 0.5) is 4.39 Å². The van der Waals surface area contributed by atoms with Crippen LogP contribution in [0.15, 0.2) is 30.5 Å². The summed E-state index contributed by atoms with van der Waals surface area (Å²) >= 11 is 0. The fourth-order valence-electron chi connectivity index (χ4n) is 3.73. The topological polar surface area (TPSA) is 67.3 Å². The predicted octanol–water partition coefficient (Wildman–Crippen LogP) is 2.39. The van der Waals surface area contributed by atoms with E-state index >= 15 is 0 Å². The molecule has 1 fully saturated rings. The van der Waals surface area contributed by atoms with E-state index in [1.54, 1.807) is 24.0 Å². The van der Waals surface area contributed by atoms with Gasteiger partial charge in [0, 0.05) is 43.5 Å². The number of halogens is 1. The first-order valence-corrected chi connectivity index (χ1v) is 9.40. The van der Waals surface area contributed by atoms with Gasteiger partial charge in [0.25, 0.3) is 5.91 Å². The van der Waals surface area contributed by atoms with Crippen molar-refractivity contribution in [2.45, 2.75) is 44.9 Å². The quantitative estimate of drug-likeness (QED) is 0.895. The Hall–Kier alpha value is -2.54. The molecule has 2 atom stereocenters. The molecule has 2 aromatic rings. The summed E-state index contributed by atoms with van der Waals surface area (Å²) in [6.45, 7) is 3.99. The number of para-hydroxylation sites is 1. The molecule has 0 saturated carbocycles. The number of nitrogens with one attached hydrogen (secondary N) is 1. The minimum Gasteiger partial charge on any atom is -0.478 e. The van der Waals surface area contributed by atoms with E-state index in [4.69, 9.17) is 9.72 Å². The summed E-state index contributed by atoms with van der Waals surface area (Å²) in [6, 6.07) is 5.98. The number of carbonyl (C=O) groups excluding carboxylic acids is 1. The summed E-state index contributed by atoms with van der Waals surface area (Å²) in [4.78, 5) is 24.0. The van der Waals surface area contributed by atoms with Crippen LogP contribution in [0.2, 0.25) is 0 Å². The zero-order valence-electron chi connectivity index (χ0n) is 15.3. The maximum atomic E-state index is 13.8. The Kier molecular flexibility index (Phi) is 5.03. The van der Waals surface area contributed by atoms with Crippen molar-refractivity contribution >= 4 is 5.91 Å². The van der Waals surface area contributed by atoms with Crippen LogP contribution in [-0.2, 0) is 17.8 Å². The first-order chi connectivity index (χ1) is 13.1. The highest BCUT2D eigenvalue weighted by Crippen LogP contribution is 2.31. The van der Waals surface area contributed by atoms with Crippen LogP contribution in [0, 0.1) is 5.82 Å². The van der Waals surface area contributed by atoms with Crippen LogP contribution in [0.1, 0.15) is 42.9 Å². The number of benzene rings is 1. The molecule has 6 nitrogen and oxygen atoms in total. The number of likely N-dealkylation sites (tertiary alicyclic amines) is 1. The van der Waals surface area contributed by atoms with Gasteiger partial charge in [0.05, 0.1) is 6.04 Å². The van der Waals surface area contributed by atoms with Gasteiger partial charge in [-0.15, -0.1) is 0 Å². The molecule has 0 bridgehead atoms. The lowest BCUT2D eigenvalue weighted by Crippen LogP contribution is -2.40. The van der Waals surface area contributed by atoms with E-state index in [1.807, 2.05) is 6.20 Å². The number of ether oxygens (including phenoxy) is 1. The molecule has 1 aromatic carbocycles. The molecule has 1 N–H and O–H groups in total. The molecule has 27 heavy (non-hydrogen) atoms. The Balaban J connectivity index is 1.50. The molecule has 1 amide bonds. The maximum Gasteiger partial charge on any atom is 0.263 e. The lowest BCUT2D eigenvalue weighted by molar-refractivity contribution is -0.139. The highest BCUT2D eigenvalue weighted by atomic mass is 19.1. The highest BCUT2D eigenvalue weighted by molar-refractivity contribution is 5.81. The van der Waals surface area contributed by atoms with Gasteiger partial charge < -0.3 is 15.0 Å². The summed E-state index contributed by atoms with van der Waals surface area (Å²) in [6.07, 6.45) is 3.69. The molecular formula is C20H23FN4O2. The van der Waals surface area contributed by atoms with Crippen molar-refractivity contribution in [1.29, 1.82) is 0 Å². The highest BCUT2D eigenvalue weighted by Gasteiger charge is 2.35. The monoisotopic (exact) mass is 370 g/mol. The van der Waals surface area contributed by atoms with Crippen LogP contribution >= 0.6 is 0 Å². The molecule has 0 aliphatic carbocycles. The van der Waals surface area contributed by atoms with E-state index in [1.165, 1.54) is 12.1 Å². The summed E-state index contributed by atoms with van der Waals surface area (Å²) in [5, 5.41) is 3.31. The van der Waals surface area contributed by atoms with Gasteiger partial charge in [0.2, 0.25) is 0 Å². The molecule has 0 radical (unpaired) electrons. The maximum absolute atomic E-state index is 13.8. The Labute approximate surface area is 157 Å². The first-order valence-electron chi connectivity index (χ1n) is 9.40. The van der Waals surface area contributed by atoms with Crippen molar-refractivity contribution in [1.82, 2.24) is 20.2 Å². The molecule has 0 spiro atoms. The normalized spacial score (nSPS) is 20.2. The van der Waals surface area contributed by atoms with Gasteiger partial charge in [0.15, 0.2) is 23.5 Å². The van der Waals surface area contributed by atoms with Crippen molar-refractivity contribution in [3.63, 3.8) is 0 Å². The molecule has 2 aliphatic heterocycles. The number of nitrogens with zero attached hydrogens (tertiary/aromatic N) is 3. The fourth-order valence-corrected chi connectivity index (χ4v) is 3.73. The smallest absolute Gasteiger partial charge is 0.263 e. The number of rotatable bonds is 4. The van der Waals surface area contributed by atoms with Gasteiger partial charge in [-0.05, 0) is 31.9 Å². The molecule has 142 valence electrons. The van der Waals surface area contributed by atoms with Gasteiger partial charge >= 0.3 is 0 Å². The molecule has 7 heteroatoms. The first kappa shape index (κ1) is 17.9. The van der Waals surface area contributed by atoms with Crippen molar-refractivity contribution in [2.75, 3.05) is 13.1 Å². The van der Waals surface area contributed by atoms with Gasteiger partial charge in [-0.1, -0.05) is 12.1 Å². The molecule has 0 unspecified atom stereocenters. The molecule has 3 heterocycles. The average Bonchev–Trinajstić information content (AvgIpc) is 3.18. The Morgan fingerprint density at radius 2 is 2.26 bits per heavy atom. The molecule has 2 aliphatic rings. The van der Waals surface area contributed by atoms with Gasteiger partial charge in [-0.3, -0.25) is 4.79 Å². The summed E-state index contributed by atoms with van der Waals surface area (Å²) in [5.41, 5.74) is 2.19. The van der Waals surface area contributed by atoms with E-state index < -0.39 is 11.9 Å². The number of aromatic nitrogens is 2. The molecule has 4 rings (SSSR count). The van der Waals surface area contributed by atoms with E-state index in [0.29, 0.717) is 12.4 Å². The van der Waals surface area contributed by atoms with E-state index in [-0.39, 0.29) is 17.7 Å². The Morgan fingerprint density at radius 1 is 1.41 bits per heavy atom. The van der Waals surface area contributed by atoms with Gasteiger partial charge in [-0.25, -0.2) is 14.4 Å². The number of hydrogen-bond donors (Lipinski definition) is 1. The zero-order chi connectivity index (χ0) is 18.8. The van der Waals surface area contributed by atoms with Crippen LogP contribution in [0.5, 0.6) is 5.75 Å². The largest absolute Gasteiger partial charge is 0.478 e. The lowest BCUT2D eigenvalue weighted by Gasteiger charge is -2.27. The minimum atomic E-state index is -0.774. The Bertz CT molecular complexity index is 844. The standard InChI is InChI=1S/C20H23FN4O2/c1-13(27-18-7-3-2-5-15(18)21)20(26)25-10-4-6-17(25)19-23-12-14-11-22-9-8-16(14)24-19/h2-3,5,7,12-13,17,22H,4,6,8-11H2,1H3/t13-,17+/m0/s1. The average molecular weight is 370 g/mol. The third-order valence-electron chi connectivity index (χ3n) is 5.15. The molecular weight excluding hydrogens is 347 g/mol. The van der Waals surface area contributed by atoms with Crippen LogP contribution in [0.3, 0.4) is 0 Å². The second-order valence-electron chi connectivity index (χ2n) is 7.01. The predicted molar refractivity (Wildman–Crippen MR) is 97.6 cm³/mol. The number of hydrogen-bond acceptors (Lipinski definition) is 5. The molecule has 1 aromatic heterocycles. The van der Waals surface area contributed by atoms with Crippen molar-refractivity contribution in [3.05, 3.63) is 53.4 Å². The number of fused-ring (bicyclic) bond motifs is 1. The SMILES string of the molecule is C[C@H](Oc1ccccc1F)C(=O)N1CCC[C@@H]1c1ncc2c(n1)CCNC2. The van der Waals surface area contributed by atoms with E-state index in [2.05, 4.69) is 10.3 Å². The fraction of sp³-hybridized carbons (Fsp3) is 0.450.